The molecule has 2 heterocycles. The van der Waals surface area contributed by atoms with E-state index in [1.54, 1.807) is 41.3 Å². The molecule has 0 N–H and O–H groups in total. The highest BCUT2D eigenvalue weighted by Gasteiger charge is 2.34. The van der Waals surface area contributed by atoms with Gasteiger partial charge in [0.15, 0.2) is 0 Å². The van der Waals surface area contributed by atoms with Crippen LogP contribution in [0.5, 0.6) is 5.75 Å². The second kappa shape index (κ2) is 13.3. The molecule has 0 radical (unpaired) electrons. The zero-order chi connectivity index (χ0) is 29.6. The van der Waals surface area contributed by atoms with Crippen LogP contribution in [0, 0.1) is 20.8 Å². The summed E-state index contributed by atoms with van der Waals surface area (Å²) in [5, 5.41) is 6.48. The molecule has 2 aliphatic heterocycles. The Balaban J connectivity index is 1.42. The first-order valence-corrected chi connectivity index (χ1v) is 14.6. The van der Waals surface area contributed by atoms with Crippen LogP contribution in [0.1, 0.15) is 50.6 Å². The Kier molecular flexibility index (Phi) is 9.35. The Morgan fingerprint density at radius 1 is 0.952 bits per heavy atom. The molecule has 0 aliphatic carbocycles. The van der Waals surface area contributed by atoms with E-state index in [0.29, 0.717) is 44.0 Å². The summed E-state index contributed by atoms with van der Waals surface area (Å²) >= 11 is 0. The van der Waals surface area contributed by atoms with Gasteiger partial charge in [-0.2, -0.15) is 5.10 Å². The van der Waals surface area contributed by atoms with Crippen LogP contribution in [-0.2, 0) is 9.53 Å². The Bertz CT molecular complexity index is 1430. The molecule has 220 valence electrons. The standard InChI is InChI=1S/C34H40N4O4/c1-24-5-8-27(9-6-24)32-22-31(29-10-7-25(2)26(3)21-29)35-38(32)33(39)23-37(16-15-36-17-19-42-20-18-36)34(40)28-11-13-30(41-4)14-12-28/h5-14,21,32H,15-20,22-23H2,1-4H3/t32-/m0/s1. The monoisotopic (exact) mass is 568 g/mol. The second-order valence-corrected chi connectivity index (χ2v) is 11.1. The molecule has 0 saturated carbocycles. The minimum Gasteiger partial charge on any atom is -0.497 e. The minimum absolute atomic E-state index is 0.0682. The van der Waals surface area contributed by atoms with Crippen LogP contribution < -0.4 is 4.74 Å². The van der Waals surface area contributed by atoms with Gasteiger partial charge in [-0.3, -0.25) is 14.5 Å². The van der Waals surface area contributed by atoms with Gasteiger partial charge in [-0.1, -0.05) is 42.0 Å². The van der Waals surface area contributed by atoms with Gasteiger partial charge in [-0.15, -0.1) is 0 Å². The summed E-state index contributed by atoms with van der Waals surface area (Å²) in [6.07, 6.45) is 0.609. The minimum atomic E-state index is -0.244. The van der Waals surface area contributed by atoms with E-state index >= 15 is 0 Å². The fraction of sp³-hybridized carbons (Fsp3) is 0.382. The third kappa shape index (κ3) is 6.89. The molecule has 3 aromatic rings. The second-order valence-electron chi connectivity index (χ2n) is 11.1. The number of ether oxygens (including phenoxy) is 2. The largest absolute Gasteiger partial charge is 0.497 e. The van der Waals surface area contributed by atoms with E-state index in [1.165, 1.54) is 11.1 Å². The molecule has 8 nitrogen and oxygen atoms in total. The maximum atomic E-state index is 14.1. The van der Waals surface area contributed by atoms with Crippen molar-refractivity contribution in [2.45, 2.75) is 33.2 Å². The van der Waals surface area contributed by atoms with Crippen LogP contribution in [0.3, 0.4) is 0 Å². The highest BCUT2D eigenvalue weighted by molar-refractivity contribution is 6.04. The van der Waals surface area contributed by atoms with Crippen LogP contribution >= 0.6 is 0 Å². The molecule has 8 heteroatoms. The van der Waals surface area contributed by atoms with Crippen LogP contribution in [0.15, 0.2) is 71.8 Å². The topological polar surface area (TPSA) is 74.7 Å². The van der Waals surface area contributed by atoms with Gasteiger partial charge in [0.25, 0.3) is 11.8 Å². The van der Waals surface area contributed by atoms with Crippen LogP contribution in [0.4, 0.5) is 0 Å². The number of carbonyl (C=O) groups is 2. The SMILES string of the molecule is COc1ccc(C(=O)N(CCN2CCOCC2)CC(=O)N2N=C(c3ccc(C)c(C)c3)C[C@H]2c2ccc(C)cc2)cc1. The van der Waals surface area contributed by atoms with Crippen molar-refractivity contribution < 1.29 is 19.1 Å². The van der Waals surface area contributed by atoms with E-state index in [2.05, 4.69) is 68.1 Å². The zero-order valence-electron chi connectivity index (χ0n) is 25.0. The predicted molar refractivity (Wildman–Crippen MR) is 164 cm³/mol. The number of rotatable bonds is 9. The maximum Gasteiger partial charge on any atom is 0.262 e. The molecule has 2 amide bonds. The fourth-order valence-corrected chi connectivity index (χ4v) is 5.38. The van der Waals surface area contributed by atoms with Crippen molar-refractivity contribution in [1.82, 2.24) is 14.8 Å². The van der Waals surface area contributed by atoms with Crippen LogP contribution in [-0.4, -0.2) is 85.4 Å². The lowest BCUT2D eigenvalue weighted by Gasteiger charge is -2.31. The van der Waals surface area contributed by atoms with Gasteiger partial charge in [-0.25, -0.2) is 5.01 Å². The predicted octanol–water partition coefficient (Wildman–Crippen LogP) is 4.77. The van der Waals surface area contributed by atoms with Gasteiger partial charge in [0, 0.05) is 38.2 Å². The van der Waals surface area contributed by atoms with Crippen molar-refractivity contribution in [3.05, 3.63) is 100 Å². The lowest BCUT2D eigenvalue weighted by Crippen LogP contribution is -2.46. The molecule has 0 spiro atoms. The van der Waals surface area contributed by atoms with Gasteiger partial charge in [-0.05, 0) is 73.4 Å². The number of hydrazone groups is 1. The molecular formula is C34H40N4O4. The summed E-state index contributed by atoms with van der Waals surface area (Å²) < 4.78 is 10.8. The van der Waals surface area contributed by atoms with E-state index in [0.717, 1.165) is 35.5 Å². The molecule has 0 unspecified atom stereocenters. The van der Waals surface area contributed by atoms with E-state index < -0.39 is 0 Å². The number of morpholine rings is 1. The van der Waals surface area contributed by atoms with E-state index in [9.17, 15) is 9.59 Å². The third-order valence-electron chi connectivity index (χ3n) is 8.21. The Hall–Kier alpha value is -4.01. The van der Waals surface area contributed by atoms with Gasteiger partial charge in [0.2, 0.25) is 0 Å². The van der Waals surface area contributed by atoms with Crippen molar-refractivity contribution in [3.8, 4) is 5.75 Å². The summed E-state index contributed by atoms with van der Waals surface area (Å²) in [7, 11) is 1.59. The molecule has 5 rings (SSSR count). The van der Waals surface area contributed by atoms with E-state index in [-0.39, 0.29) is 24.4 Å². The molecule has 2 aliphatic rings. The number of amides is 2. The lowest BCUT2D eigenvalue weighted by atomic mass is 9.96. The van der Waals surface area contributed by atoms with E-state index in [4.69, 9.17) is 14.6 Å². The molecule has 42 heavy (non-hydrogen) atoms. The summed E-state index contributed by atoms with van der Waals surface area (Å²) in [5.74, 6) is 0.278. The molecule has 0 bridgehead atoms. The number of benzene rings is 3. The van der Waals surface area contributed by atoms with Crippen molar-refractivity contribution >= 4 is 17.5 Å². The number of aryl methyl sites for hydroxylation is 3. The summed E-state index contributed by atoms with van der Waals surface area (Å²) in [5.41, 5.74) is 6.99. The smallest absolute Gasteiger partial charge is 0.262 e. The van der Waals surface area contributed by atoms with Gasteiger partial charge in [0.05, 0.1) is 32.1 Å². The molecule has 3 aromatic carbocycles. The maximum absolute atomic E-state index is 14.1. The molecule has 1 fully saturated rings. The lowest BCUT2D eigenvalue weighted by molar-refractivity contribution is -0.133. The quantitative estimate of drug-likeness (QED) is 0.372. The van der Waals surface area contributed by atoms with Crippen molar-refractivity contribution in [2.75, 3.05) is 53.0 Å². The van der Waals surface area contributed by atoms with Gasteiger partial charge >= 0.3 is 0 Å². The average molecular weight is 569 g/mol. The molecule has 1 saturated heterocycles. The number of hydrogen-bond acceptors (Lipinski definition) is 6. The first-order valence-electron chi connectivity index (χ1n) is 14.6. The summed E-state index contributed by atoms with van der Waals surface area (Å²) in [4.78, 5) is 31.7. The Morgan fingerprint density at radius 3 is 2.33 bits per heavy atom. The Labute approximate surface area is 248 Å². The Morgan fingerprint density at radius 2 is 1.67 bits per heavy atom. The van der Waals surface area contributed by atoms with E-state index in [1.807, 2.05) is 0 Å². The number of nitrogens with zero attached hydrogens (tertiary/aromatic N) is 4. The number of hydrogen-bond donors (Lipinski definition) is 0. The molecule has 1 atom stereocenters. The third-order valence-corrected chi connectivity index (χ3v) is 8.21. The zero-order valence-corrected chi connectivity index (χ0v) is 25.0. The van der Waals surface area contributed by atoms with Crippen molar-refractivity contribution in [1.29, 1.82) is 0 Å². The van der Waals surface area contributed by atoms with Crippen LogP contribution in [0.2, 0.25) is 0 Å². The first-order chi connectivity index (χ1) is 20.3. The van der Waals surface area contributed by atoms with Gasteiger partial charge < -0.3 is 14.4 Å². The normalized spacial score (nSPS) is 17.2. The first kappa shape index (κ1) is 29.5. The number of methoxy groups -OCH3 is 1. The van der Waals surface area contributed by atoms with Crippen molar-refractivity contribution in [2.24, 2.45) is 5.10 Å². The number of carbonyl (C=O) groups excluding carboxylic acids is 2. The van der Waals surface area contributed by atoms with Gasteiger partial charge in [0.1, 0.15) is 12.3 Å². The summed E-state index contributed by atoms with van der Waals surface area (Å²) in [6.45, 7) is 10.2. The highest BCUT2D eigenvalue weighted by atomic mass is 16.5. The fourth-order valence-electron chi connectivity index (χ4n) is 5.38. The average Bonchev–Trinajstić information content (AvgIpc) is 3.47. The van der Waals surface area contributed by atoms with Crippen molar-refractivity contribution in [3.63, 3.8) is 0 Å². The summed E-state index contributed by atoms with van der Waals surface area (Å²) in [6, 6.07) is 21.3. The molecule has 0 aromatic heterocycles. The highest BCUT2D eigenvalue weighted by Crippen LogP contribution is 2.33. The molecular weight excluding hydrogens is 528 g/mol. The van der Waals surface area contributed by atoms with Crippen LogP contribution in [0.25, 0.3) is 0 Å².